The minimum Gasteiger partial charge on any atom is -0.357 e. The molecule has 1 saturated heterocycles. The molecule has 0 unspecified atom stereocenters. The quantitative estimate of drug-likeness (QED) is 0.471. The maximum Gasteiger partial charge on any atom is 0.193 e. The SMILES string of the molecule is CCN=C(NCC)N1CCC2(CCCC2)C1.I. The fourth-order valence-electron chi connectivity index (χ4n) is 3.22. The minimum absolute atomic E-state index is 0. The van der Waals surface area contributed by atoms with Gasteiger partial charge in [0, 0.05) is 26.2 Å². The Hall–Kier alpha value is 0. The highest BCUT2D eigenvalue weighted by molar-refractivity contribution is 14.0. The van der Waals surface area contributed by atoms with Gasteiger partial charge in [0.05, 0.1) is 0 Å². The fourth-order valence-corrected chi connectivity index (χ4v) is 3.22. The van der Waals surface area contributed by atoms with E-state index in [4.69, 9.17) is 0 Å². The van der Waals surface area contributed by atoms with E-state index in [0.717, 1.165) is 19.0 Å². The number of likely N-dealkylation sites (tertiary alicyclic amines) is 1. The highest BCUT2D eigenvalue weighted by Crippen LogP contribution is 2.45. The summed E-state index contributed by atoms with van der Waals surface area (Å²) in [6, 6.07) is 0. The van der Waals surface area contributed by atoms with Crippen molar-refractivity contribution >= 4 is 29.9 Å². The van der Waals surface area contributed by atoms with Gasteiger partial charge in [-0.05, 0) is 38.5 Å². The summed E-state index contributed by atoms with van der Waals surface area (Å²) in [4.78, 5) is 7.05. The lowest BCUT2D eigenvalue weighted by molar-refractivity contribution is 0.309. The van der Waals surface area contributed by atoms with Crippen molar-refractivity contribution in [3.8, 4) is 0 Å². The Kier molecular flexibility index (Phi) is 6.03. The molecule has 0 bridgehead atoms. The smallest absolute Gasteiger partial charge is 0.193 e. The molecule has 0 aromatic rings. The van der Waals surface area contributed by atoms with Gasteiger partial charge in [-0.25, -0.2) is 0 Å². The lowest BCUT2D eigenvalue weighted by Crippen LogP contribution is -2.41. The van der Waals surface area contributed by atoms with Gasteiger partial charge in [-0.2, -0.15) is 0 Å². The van der Waals surface area contributed by atoms with E-state index in [0.29, 0.717) is 5.41 Å². The Morgan fingerprint density at radius 1 is 1.24 bits per heavy atom. The third kappa shape index (κ3) is 3.48. The standard InChI is InChI=1S/C13H25N3.HI/c1-3-14-12(15-4-2)16-10-9-13(11-16)7-5-6-8-13;/h3-11H2,1-2H3,(H,14,15);1H. The molecule has 2 rings (SSSR count). The van der Waals surface area contributed by atoms with E-state index in [2.05, 4.69) is 29.1 Å². The van der Waals surface area contributed by atoms with Crippen molar-refractivity contribution in [2.24, 2.45) is 10.4 Å². The monoisotopic (exact) mass is 351 g/mol. The lowest BCUT2D eigenvalue weighted by Gasteiger charge is -2.25. The number of nitrogens with zero attached hydrogens (tertiary/aromatic N) is 2. The summed E-state index contributed by atoms with van der Waals surface area (Å²) in [5.74, 6) is 1.13. The number of guanidine groups is 1. The van der Waals surface area contributed by atoms with Gasteiger partial charge in [0.1, 0.15) is 0 Å². The summed E-state index contributed by atoms with van der Waals surface area (Å²) in [6.45, 7) is 8.55. The maximum atomic E-state index is 4.58. The van der Waals surface area contributed by atoms with Crippen LogP contribution in [0.2, 0.25) is 0 Å². The number of nitrogens with one attached hydrogen (secondary N) is 1. The Morgan fingerprint density at radius 2 is 1.94 bits per heavy atom. The second-order valence-electron chi connectivity index (χ2n) is 5.21. The molecule has 2 fully saturated rings. The van der Waals surface area contributed by atoms with Crippen LogP contribution in [-0.2, 0) is 0 Å². The lowest BCUT2D eigenvalue weighted by atomic mass is 9.86. The van der Waals surface area contributed by atoms with Crippen molar-refractivity contribution in [3.05, 3.63) is 0 Å². The van der Waals surface area contributed by atoms with E-state index >= 15 is 0 Å². The van der Waals surface area contributed by atoms with Crippen molar-refractivity contribution in [2.45, 2.75) is 46.0 Å². The molecule has 1 N–H and O–H groups in total. The molecule has 3 nitrogen and oxygen atoms in total. The van der Waals surface area contributed by atoms with Gasteiger partial charge in [-0.1, -0.05) is 12.8 Å². The second-order valence-corrected chi connectivity index (χ2v) is 5.21. The molecule has 17 heavy (non-hydrogen) atoms. The van der Waals surface area contributed by atoms with Crippen LogP contribution in [0.5, 0.6) is 0 Å². The molecule has 1 heterocycles. The molecule has 1 aliphatic carbocycles. The topological polar surface area (TPSA) is 27.6 Å². The maximum absolute atomic E-state index is 4.58. The molecule has 1 aliphatic heterocycles. The Labute approximate surface area is 122 Å². The molecule has 0 aromatic heterocycles. The van der Waals surface area contributed by atoms with Gasteiger partial charge in [-0.3, -0.25) is 4.99 Å². The Bertz CT molecular complexity index is 259. The number of hydrogen-bond acceptors (Lipinski definition) is 1. The molecule has 2 aliphatic rings. The summed E-state index contributed by atoms with van der Waals surface area (Å²) in [6.07, 6.45) is 7.13. The van der Waals surface area contributed by atoms with Crippen LogP contribution in [0.1, 0.15) is 46.0 Å². The van der Waals surface area contributed by atoms with Crippen LogP contribution < -0.4 is 5.32 Å². The average molecular weight is 351 g/mol. The summed E-state index contributed by atoms with van der Waals surface area (Å²) in [7, 11) is 0. The van der Waals surface area contributed by atoms with E-state index in [-0.39, 0.29) is 24.0 Å². The number of halogens is 1. The van der Waals surface area contributed by atoms with Gasteiger partial charge >= 0.3 is 0 Å². The normalized spacial score (nSPS) is 22.9. The zero-order valence-electron chi connectivity index (χ0n) is 11.2. The summed E-state index contributed by atoms with van der Waals surface area (Å²) in [5.41, 5.74) is 0.643. The summed E-state index contributed by atoms with van der Waals surface area (Å²) >= 11 is 0. The van der Waals surface area contributed by atoms with Gasteiger partial charge in [0.25, 0.3) is 0 Å². The molecule has 1 spiro atoms. The predicted octanol–water partition coefficient (Wildman–Crippen LogP) is 2.86. The first-order valence-electron chi connectivity index (χ1n) is 6.83. The molecule has 0 amide bonds. The highest BCUT2D eigenvalue weighted by Gasteiger charge is 2.40. The predicted molar refractivity (Wildman–Crippen MR) is 84.2 cm³/mol. The number of aliphatic imine (C=N–C) groups is 1. The minimum atomic E-state index is 0. The third-order valence-corrected chi connectivity index (χ3v) is 4.04. The van der Waals surface area contributed by atoms with Crippen LogP contribution in [0, 0.1) is 5.41 Å². The van der Waals surface area contributed by atoms with Crippen LogP contribution in [0.4, 0.5) is 0 Å². The first-order chi connectivity index (χ1) is 7.79. The Balaban J connectivity index is 0.00000144. The molecule has 0 atom stereocenters. The van der Waals surface area contributed by atoms with Crippen LogP contribution in [0.3, 0.4) is 0 Å². The summed E-state index contributed by atoms with van der Waals surface area (Å²) < 4.78 is 0. The zero-order valence-corrected chi connectivity index (χ0v) is 13.5. The van der Waals surface area contributed by atoms with Gasteiger partial charge < -0.3 is 10.2 Å². The summed E-state index contributed by atoms with van der Waals surface area (Å²) in [5, 5.41) is 3.41. The van der Waals surface area contributed by atoms with Crippen LogP contribution >= 0.6 is 24.0 Å². The van der Waals surface area contributed by atoms with E-state index in [1.807, 2.05) is 0 Å². The highest BCUT2D eigenvalue weighted by atomic mass is 127. The average Bonchev–Trinajstić information content (AvgIpc) is 2.90. The molecule has 1 saturated carbocycles. The van der Waals surface area contributed by atoms with Crippen LogP contribution in [-0.4, -0.2) is 37.0 Å². The first-order valence-corrected chi connectivity index (χ1v) is 6.83. The molecule has 100 valence electrons. The molecular weight excluding hydrogens is 325 g/mol. The second kappa shape index (κ2) is 6.81. The number of hydrogen-bond donors (Lipinski definition) is 1. The van der Waals surface area contributed by atoms with E-state index < -0.39 is 0 Å². The molecule has 0 aromatic carbocycles. The van der Waals surface area contributed by atoms with Gasteiger partial charge in [-0.15, -0.1) is 24.0 Å². The van der Waals surface area contributed by atoms with E-state index in [9.17, 15) is 0 Å². The van der Waals surface area contributed by atoms with Crippen LogP contribution in [0.25, 0.3) is 0 Å². The largest absolute Gasteiger partial charge is 0.357 e. The van der Waals surface area contributed by atoms with Crippen molar-refractivity contribution in [3.63, 3.8) is 0 Å². The van der Waals surface area contributed by atoms with Crippen LogP contribution in [0.15, 0.2) is 4.99 Å². The molecule has 4 heteroatoms. The first kappa shape index (κ1) is 15.1. The van der Waals surface area contributed by atoms with Gasteiger partial charge in [0.2, 0.25) is 0 Å². The zero-order chi connectivity index (χ0) is 11.4. The molecule has 0 radical (unpaired) electrons. The van der Waals surface area contributed by atoms with Crippen molar-refractivity contribution in [1.82, 2.24) is 10.2 Å². The van der Waals surface area contributed by atoms with Gasteiger partial charge in [0.15, 0.2) is 5.96 Å². The van der Waals surface area contributed by atoms with Crippen molar-refractivity contribution < 1.29 is 0 Å². The van der Waals surface area contributed by atoms with Crippen molar-refractivity contribution in [1.29, 1.82) is 0 Å². The number of rotatable bonds is 2. The third-order valence-electron chi connectivity index (χ3n) is 4.04. The van der Waals surface area contributed by atoms with E-state index in [1.165, 1.54) is 45.2 Å². The fraction of sp³-hybridized carbons (Fsp3) is 0.923. The van der Waals surface area contributed by atoms with E-state index in [1.54, 1.807) is 0 Å². The van der Waals surface area contributed by atoms with Crippen molar-refractivity contribution in [2.75, 3.05) is 26.2 Å². The Morgan fingerprint density at radius 3 is 2.53 bits per heavy atom. The molecular formula is C13H26IN3.